The standard InChI is InChI=1S/C19H17FN2O5/c20-17-13(10-21-6-7-26-18(21)24)2-1-3-14(17)11-22-9-12-4-5-15(23)8-16(12)27-19(22)25/h1-5,8,23H,6-7,9-11H2. The Hall–Kier alpha value is -3.29. The van der Waals surface area contributed by atoms with Crippen LogP contribution in [-0.4, -0.2) is 40.2 Å². The number of carbonyl (C=O) groups excluding carboxylic acids is 2. The van der Waals surface area contributed by atoms with Crippen molar-refractivity contribution in [2.24, 2.45) is 0 Å². The Kier molecular flexibility index (Phi) is 4.31. The third-order valence-electron chi connectivity index (χ3n) is 4.59. The van der Waals surface area contributed by atoms with Crippen molar-refractivity contribution in [3.63, 3.8) is 0 Å². The van der Waals surface area contributed by atoms with Crippen LogP contribution in [0, 0.1) is 5.82 Å². The summed E-state index contributed by atoms with van der Waals surface area (Å²) in [6, 6.07) is 9.44. The monoisotopic (exact) mass is 372 g/mol. The van der Waals surface area contributed by atoms with Crippen LogP contribution in [0.1, 0.15) is 16.7 Å². The number of nitrogens with zero attached hydrogens (tertiary/aromatic N) is 2. The van der Waals surface area contributed by atoms with Gasteiger partial charge in [0.05, 0.1) is 26.2 Å². The Morgan fingerprint density at radius 1 is 1.04 bits per heavy atom. The lowest BCUT2D eigenvalue weighted by atomic mass is 10.1. The third-order valence-corrected chi connectivity index (χ3v) is 4.59. The summed E-state index contributed by atoms with van der Waals surface area (Å²) in [6.45, 7) is 1.12. The van der Waals surface area contributed by atoms with Gasteiger partial charge in [-0.1, -0.05) is 18.2 Å². The molecular formula is C19H17FN2O5. The van der Waals surface area contributed by atoms with Crippen molar-refractivity contribution < 1.29 is 28.6 Å². The highest BCUT2D eigenvalue weighted by atomic mass is 19.1. The van der Waals surface area contributed by atoms with Crippen LogP contribution in [-0.2, 0) is 24.4 Å². The number of hydrogen-bond acceptors (Lipinski definition) is 5. The number of amides is 2. The van der Waals surface area contributed by atoms with Gasteiger partial charge >= 0.3 is 12.2 Å². The van der Waals surface area contributed by atoms with Gasteiger partial charge in [0.15, 0.2) is 0 Å². The molecule has 0 aliphatic carbocycles. The predicted octanol–water partition coefficient (Wildman–Crippen LogP) is 3.00. The molecule has 0 aromatic heterocycles. The highest BCUT2D eigenvalue weighted by Crippen LogP contribution is 2.30. The van der Waals surface area contributed by atoms with E-state index in [1.807, 2.05) is 0 Å². The van der Waals surface area contributed by atoms with E-state index in [0.29, 0.717) is 30.0 Å². The van der Waals surface area contributed by atoms with E-state index in [2.05, 4.69) is 0 Å². The normalized spacial score (nSPS) is 16.2. The molecule has 2 aromatic rings. The molecule has 27 heavy (non-hydrogen) atoms. The van der Waals surface area contributed by atoms with Crippen molar-refractivity contribution in [1.82, 2.24) is 9.80 Å². The maximum atomic E-state index is 14.9. The number of benzene rings is 2. The van der Waals surface area contributed by atoms with E-state index in [4.69, 9.17) is 9.47 Å². The van der Waals surface area contributed by atoms with E-state index in [0.717, 1.165) is 5.56 Å². The van der Waals surface area contributed by atoms with Gasteiger partial charge < -0.3 is 19.5 Å². The fourth-order valence-corrected chi connectivity index (χ4v) is 3.18. The van der Waals surface area contributed by atoms with Gasteiger partial charge in [-0.3, -0.25) is 4.90 Å². The number of cyclic esters (lactones) is 1. The molecule has 1 fully saturated rings. The highest BCUT2D eigenvalue weighted by molar-refractivity contribution is 5.73. The van der Waals surface area contributed by atoms with Gasteiger partial charge in [-0.15, -0.1) is 0 Å². The molecule has 140 valence electrons. The smallest absolute Gasteiger partial charge is 0.415 e. The Morgan fingerprint density at radius 3 is 2.48 bits per heavy atom. The number of carbonyl (C=O) groups is 2. The van der Waals surface area contributed by atoms with Crippen LogP contribution in [0.25, 0.3) is 0 Å². The van der Waals surface area contributed by atoms with Gasteiger partial charge in [0.2, 0.25) is 0 Å². The first-order valence-electron chi connectivity index (χ1n) is 8.48. The van der Waals surface area contributed by atoms with Crippen molar-refractivity contribution in [1.29, 1.82) is 0 Å². The molecule has 2 aromatic carbocycles. The Balaban J connectivity index is 1.52. The zero-order valence-electron chi connectivity index (χ0n) is 14.4. The number of ether oxygens (including phenoxy) is 2. The molecule has 0 unspecified atom stereocenters. The lowest BCUT2D eigenvalue weighted by Gasteiger charge is -2.28. The lowest BCUT2D eigenvalue weighted by molar-refractivity contribution is 0.134. The lowest BCUT2D eigenvalue weighted by Crippen LogP contribution is -2.36. The van der Waals surface area contributed by atoms with Crippen LogP contribution >= 0.6 is 0 Å². The summed E-state index contributed by atoms with van der Waals surface area (Å²) in [5.41, 5.74) is 1.42. The van der Waals surface area contributed by atoms with E-state index in [1.54, 1.807) is 24.3 Å². The average Bonchev–Trinajstić information content (AvgIpc) is 3.04. The van der Waals surface area contributed by atoms with Crippen LogP contribution in [0.15, 0.2) is 36.4 Å². The molecule has 2 amide bonds. The molecule has 1 saturated heterocycles. The molecule has 0 saturated carbocycles. The summed E-state index contributed by atoms with van der Waals surface area (Å²) < 4.78 is 25.0. The number of hydrogen-bond donors (Lipinski definition) is 1. The summed E-state index contributed by atoms with van der Waals surface area (Å²) in [5.74, 6) is -0.145. The van der Waals surface area contributed by atoms with Crippen LogP contribution in [0.3, 0.4) is 0 Å². The molecule has 0 spiro atoms. The van der Waals surface area contributed by atoms with Crippen molar-refractivity contribution in [2.45, 2.75) is 19.6 Å². The second-order valence-corrected chi connectivity index (χ2v) is 6.44. The zero-order chi connectivity index (χ0) is 19.0. The van der Waals surface area contributed by atoms with E-state index in [9.17, 15) is 19.1 Å². The van der Waals surface area contributed by atoms with Gasteiger partial charge in [-0.25, -0.2) is 14.0 Å². The SMILES string of the molecule is O=C1OCCN1Cc1cccc(CN2Cc3ccc(O)cc3OC2=O)c1F. The first kappa shape index (κ1) is 17.1. The topological polar surface area (TPSA) is 79.3 Å². The Labute approximate surface area is 154 Å². The minimum Gasteiger partial charge on any atom is -0.508 e. The predicted molar refractivity (Wildman–Crippen MR) is 91.5 cm³/mol. The van der Waals surface area contributed by atoms with Gasteiger partial charge in [0.25, 0.3) is 0 Å². The highest BCUT2D eigenvalue weighted by Gasteiger charge is 2.27. The van der Waals surface area contributed by atoms with E-state index >= 15 is 0 Å². The number of aromatic hydroxyl groups is 1. The molecule has 8 heteroatoms. The second-order valence-electron chi connectivity index (χ2n) is 6.44. The van der Waals surface area contributed by atoms with Crippen LogP contribution in [0.5, 0.6) is 11.5 Å². The molecule has 4 rings (SSSR count). The molecular weight excluding hydrogens is 355 g/mol. The van der Waals surface area contributed by atoms with Crippen molar-refractivity contribution >= 4 is 12.2 Å². The minimum atomic E-state index is -0.610. The summed E-state index contributed by atoms with van der Waals surface area (Å²) in [7, 11) is 0. The maximum absolute atomic E-state index is 14.9. The summed E-state index contributed by atoms with van der Waals surface area (Å²) in [6.07, 6.45) is -1.07. The summed E-state index contributed by atoms with van der Waals surface area (Å²) >= 11 is 0. The molecule has 2 heterocycles. The zero-order valence-corrected chi connectivity index (χ0v) is 14.4. The van der Waals surface area contributed by atoms with Crippen LogP contribution < -0.4 is 4.74 Å². The van der Waals surface area contributed by atoms with Crippen LogP contribution in [0.2, 0.25) is 0 Å². The number of rotatable bonds is 4. The number of phenols is 1. The number of halogens is 1. The molecule has 7 nitrogen and oxygen atoms in total. The summed E-state index contributed by atoms with van der Waals surface area (Å²) in [4.78, 5) is 26.6. The largest absolute Gasteiger partial charge is 0.508 e. The number of phenolic OH excluding ortho intramolecular Hbond substituents is 1. The van der Waals surface area contributed by atoms with Gasteiger partial charge in [0.1, 0.15) is 23.9 Å². The maximum Gasteiger partial charge on any atom is 0.415 e. The first-order chi connectivity index (χ1) is 13.0. The third kappa shape index (κ3) is 3.38. The quantitative estimate of drug-likeness (QED) is 0.893. The van der Waals surface area contributed by atoms with Crippen molar-refractivity contribution in [2.75, 3.05) is 13.2 Å². The molecule has 0 atom stereocenters. The van der Waals surface area contributed by atoms with Crippen molar-refractivity contribution in [3.05, 3.63) is 58.9 Å². The molecule has 0 radical (unpaired) electrons. The molecule has 0 bridgehead atoms. The molecule has 2 aliphatic rings. The summed E-state index contributed by atoms with van der Waals surface area (Å²) in [5, 5.41) is 9.49. The van der Waals surface area contributed by atoms with E-state index in [1.165, 1.54) is 21.9 Å². The fraction of sp³-hybridized carbons (Fsp3) is 0.263. The second kappa shape index (κ2) is 6.79. The first-order valence-corrected chi connectivity index (χ1v) is 8.48. The Morgan fingerprint density at radius 2 is 1.78 bits per heavy atom. The molecule has 2 aliphatic heterocycles. The fourth-order valence-electron chi connectivity index (χ4n) is 3.18. The number of fused-ring (bicyclic) bond motifs is 1. The van der Waals surface area contributed by atoms with E-state index in [-0.39, 0.29) is 25.4 Å². The minimum absolute atomic E-state index is 0.00850. The van der Waals surface area contributed by atoms with Crippen molar-refractivity contribution in [3.8, 4) is 11.5 Å². The van der Waals surface area contributed by atoms with Gasteiger partial charge in [-0.05, 0) is 12.1 Å². The average molecular weight is 372 g/mol. The molecule has 1 N–H and O–H groups in total. The van der Waals surface area contributed by atoms with E-state index < -0.39 is 18.0 Å². The van der Waals surface area contributed by atoms with Gasteiger partial charge in [-0.2, -0.15) is 0 Å². The Bertz CT molecular complexity index is 917. The van der Waals surface area contributed by atoms with Gasteiger partial charge in [0, 0.05) is 22.8 Å². The van der Waals surface area contributed by atoms with Crippen LogP contribution in [0.4, 0.5) is 14.0 Å².